The number of unbranched alkanes of at least 4 members (excludes halogenated alkanes) is 2. The Morgan fingerprint density at radius 2 is 2.00 bits per heavy atom. The molecule has 0 radical (unpaired) electrons. The summed E-state index contributed by atoms with van der Waals surface area (Å²) >= 11 is 0. The van der Waals surface area contributed by atoms with Gasteiger partial charge in [-0.3, -0.25) is 19.1 Å². The van der Waals surface area contributed by atoms with E-state index in [2.05, 4.69) is 17.2 Å². The molecule has 0 saturated carbocycles. The van der Waals surface area contributed by atoms with Gasteiger partial charge >= 0.3 is 5.69 Å². The Morgan fingerprint density at radius 1 is 1.26 bits per heavy atom. The lowest BCUT2D eigenvalue weighted by molar-refractivity contribution is -0.122. The number of benzene rings is 1. The van der Waals surface area contributed by atoms with Crippen molar-refractivity contribution >= 4 is 16.8 Å². The molecule has 0 spiro atoms. The highest BCUT2D eigenvalue weighted by molar-refractivity contribution is 5.81. The Hall–Kier alpha value is -2.37. The molecule has 6 nitrogen and oxygen atoms in total. The molecule has 1 unspecified atom stereocenters. The van der Waals surface area contributed by atoms with Crippen molar-refractivity contribution in [3.8, 4) is 0 Å². The summed E-state index contributed by atoms with van der Waals surface area (Å²) in [5.74, 6) is -0.228. The zero-order chi connectivity index (χ0) is 16.8. The molecule has 1 aromatic carbocycles. The van der Waals surface area contributed by atoms with Gasteiger partial charge in [0.25, 0.3) is 5.56 Å². The summed E-state index contributed by atoms with van der Waals surface area (Å²) in [6.07, 6.45) is 4.27. The lowest BCUT2D eigenvalue weighted by atomic mass is 10.1. The Bertz CT molecular complexity index is 792. The van der Waals surface area contributed by atoms with Crippen LogP contribution in [0.1, 0.15) is 39.5 Å². The predicted molar refractivity (Wildman–Crippen MR) is 90.6 cm³/mol. The molecule has 0 bridgehead atoms. The van der Waals surface area contributed by atoms with E-state index in [9.17, 15) is 14.4 Å². The van der Waals surface area contributed by atoms with E-state index < -0.39 is 11.2 Å². The van der Waals surface area contributed by atoms with Crippen LogP contribution in [0.15, 0.2) is 33.9 Å². The molecule has 6 heteroatoms. The van der Waals surface area contributed by atoms with E-state index in [1.165, 1.54) is 4.57 Å². The maximum atomic E-state index is 12.2. The summed E-state index contributed by atoms with van der Waals surface area (Å²) in [7, 11) is 0. The summed E-state index contributed by atoms with van der Waals surface area (Å²) in [6, 6.07) is 6.84. The van der Waals surface area contributed by atoms with Gasteiger partial charge < -0.3 is 5.32 Å². The van der Waals surface area contributed by atoms with E-state index in [1.807, 2.05) is 6.92 Å². The molecule has 0 saturated heterocycles. The second-order valence-electron chi connectivity index (χ2n) is 5.83. The van der Waals surface area contributed by atoms with E-state index in [-0.39, 0.29) is 18.5 Å². The SMILES string of the molecule is CCCCCC(C)NC(=O)Cn1c(=O)[nH]c(=O)c2ccccc21. The van der Waals surface area contributed by atoms with Gasteiger partial charge in [-0.05, 0) is 25.5 Å². The number of rotatable bonds is 7. The number of nitrogens with one attached hydrogen (secondary N) is 2. The molecule has 0 aliphatic carbocycles. The highest BCUT2D eigenvalue weighted by Gasteiger charge is 2.12. The minimum Gasteiger partial charge on any atom is -0.352 e. The molecular formula is C17H23N3O3. The maximum Gasteiger partial charge on any atom is 0.329 e. The molecule has 0 aliphatic heterocycles. The number of H-pyrrole nitrogens is 1. The zero-order valence-electron chi connectivity index (χ0n) is 13.6. The predicted octanol–water partition coefficient (Wildman–Crippen LogP) is 1.77. The number of carbonyl (C=O) groups is 1. The van der Waals surface area contributed by atoms with Gasteiger partial charge in [-0.25, -0.2) is 4.79 Å². The smallest absolute Gasteiger partial charge is 0.329 e. The van der Waals surface area contributed by atoms with E-state index in [0.717, 1.165) is 25.7 Å². The maximum absolute atomic E-state index is 12.2. The number of aromatic nitrogens is 2. The van der Waals surface area contributed by atoms with Crippen molar-refractivity contribution in [2.45, 2.75) is 52.1 Å². The third-order valence-electron chi connectivity index (χ3n) is 3.85. The largest absolute Gasteiger partial charge is 0.352 e. The van der Waals surface area contributed by atoms with Crippen LogP contribution in [0.2, 0.25) is 0 Å². The third kappa shape index (κ3) is 4.31. The highest BCUT2D eigenvalue weighted by Crippen LogP contribution is 2.07. The Labute approximate surface area is 134 Å². The van der Waals surface area contributed by atoms with Gasteiger partial charge in [0, 0.05) is 6.04 Å². The Balaban J connectivity index is 2.14. The van der Waals surface area contributed by atoms with Crippen LogP contribution in [0, 0.1) is 0 Å². The van der Waals surface area contributed by atoms with Crippen molar-refractivity contribution in [3.63, 3.8) is 0 Å². The van der Waals surface area contributed by atoms with Crippen LogP contribution in [-0.4, -0.2) is 21.5 Å². The van der Waals surface area contributed by atoms with Crippen LogP contribution in [0.4, 0.5) is 0 Å². The first-order valence-electron chi connectivity index (χ1n) is 8.04. The van der Waals surface area contributed by atoms with Crippen molar-refractivity contribution in [2.75, 3.05) is 0 Å². The van der Waals surface area contributed by atoms with Crippen LogP contribution >= 0.6 is 0 Å². The molecule has 1 atom stereocenters. The Kier molecular flexibility index (Phi) is 5.73. The standard InChI is InChI=1S/C17H23N3O3/c1-3-4-5-8-12(2)18-15(21)11-20-14-10-7-6-9-13(14)16(22)19-17(20)23/h6-7,9-10,12H,3-5,8,11H2,1-2H3,(H,18,21)(H,19,22,23). The molecule has 2 rings (SSSR count). The molecule has 2 aromatic rings. The number of hydrogen-bond donors (Lipinski definition) is 2. The average Bonchev–Trinajstić information content (AvgIpc) is 2.51. The number of hydrogen-bond acceptors (Lipinski definition) is 3. The van der Waals surface area contributed by atoms with E-state index in [1.54, 1.807) is 24.3 Å². The molecular weight excluding hydrogens is 294 g/mol. The van der Waals surface area contributed by atoms with Crippen molar-refractivity contribution in [2.24, 2.45) is 0 Å². The summed E-state index contributed by atoms with van der Waals surface area (Å²) in [4.78, 5) is 38.2. The zero-order valence-corrected chi connectivity index (χ0v) is 13.6. The molecule has 1 amide bonds. The summed E-state index contributed by atoms with van der Waals surface area (Å²) in [6.45, 7) is 3.99. The topological polar surface area (TPSA) is 84.0 Å². The first kappa shape index (κ1) is 17.0. The van der Waals surface area contributed by atoms with Crippen molar-refractivity contribution in [3.05, 3.63) is 45.1 Å². The average molecular weight is 317 g/mol. The number of aromatic amines is 1. The summed E-state index contributed by atoms with van der Waals surface area (Å²) in [5, 5.41) is 3.30. The number of carbonyl (C=O) groups excluding carboxylic acids is 1. The van der Waals surface area contributed by atoms with Gasteiger partial charge in [0.1, 0.15) is 6.54 Å². The second kappa shape index (κ2) is 7.76. The third-order valence-corrected chi connectivity index (χ3v) is 3.85. The molecule has 23 heavy (non-hydrogen) atoms. The normalized spacial score (nSPS) is 12.3. The number of nitrogens with zero attached hydrogens (tertiary/aromatic N) is 1. The molecule has 1 heterocycles. The fourth-order valence-electron chi connectivity index (χ4n) is 2.64. The summed E-state index contributed by atoms with van der Waals surface area (Å²) in [5.41, 5.74) is -0.535. The minimum absolute atomic E-state index is 0.0683. The molecule has 1 aromatic heterocycles. The van der Waals surface area contributed by atoms with Crippen molar-refractivity contribution < 1.29 is 4.79 Å². The lowest BCUT2D eigenvalue weighted by Crippen LogP contribution is -2.39. The fourth-order valence-corrected chi connectivity index (χ4v) is 2.64. The molecule has 2 N–H and O–H groups in total. The minimum atomic E-state index is -0.567. The highest BCUT2D eigenvalue weighted by atomic mass is 16.2. The van der Waals surface area contributed by atoms with Crippen LogP contribution in [-0.2, 0) is 11.3 Å². The van der Waals surface area contributed by atoms with Crippen LogP contribution in [0.5, 0.6) is 0 Å². The first-order chi connectivity index (χ1) is 11.0. The summed E-state index contributed by atoms with van der Waals surface area (Å²) < 4.78 is 1.30. The molecule has 124 valence electrons. The molecule has 0 aliphatic rings. The monoisotopic (exact) mass is 317 g/mol. The number of amides is 1. The Morgan fingerprint density at radius 3 is 2.74 bits per heavy atom. The van der Waals surface area contributed by atoms with E-state index >= 15 is 0 Å². The van der Waals surface area contributed by atoms with Crippen LogP contribution < -0.4 is 16.6 Å². The number of fused-ring (bicyclic) bond motifs is 1. The van der Waals surface area contributed by atoms with Gasteiger partial charge in [0.05, 0.1) is 10.9 Å². The number of para-hydroxylation sites is 1. The van der Waals surface area contributed by atoms with E-state index in [4.69, 9.17) is 0 Å². The van der Waals surface area contributed by atoms with Crippen molar-refractivity contribution in [1.29, 1.82) is 0 Å². The molecule has 0 fully saturated rings. The van der Waals surface area contributed by atoms with Gasteiger partial charge in [-0.1, -0.05) is 38.3 Å². The van der Waals surface area contributed by atoms with E-state index in [0.29, 0.717) is 10.9 Å². The van der Waals surface area contributed by atoms with Gasteiger partial charge in [-0.15, -0.1) is 0 Å². The fraction of sp³-hybridized carbons (Fsp3) is 0.471. The van der Waals surface area contributed by atoms with Crippen molar-refractivity contribution in [1.82, 2.24) is 14.9 Å². The van der Waals surface area contributed by atoms with Gasteiger partial charge in [0.2, 0.25) is 5.91 Å². The quantitative estimate of drug-likeness (QED) is 0.763. The first-order valence-corrected chi connectivity index (χ1v) is 8.04. The van der Waals surface area contributed by atoms with Crippen LogP contribution in [0.25, 0.3) is 10.9 Å². The van der Waals surface area contributed by atoms with Crippen LogP contribution in [0.3, 0.4) is 0 Å². The van der Waals surface area contributed by atoms with Gasteiger partial charge in [0.15, 0.2) is 0 Å². The lowest BCUT2D eigenvalue weighted by Gasteiger charge is -2.15. The van der Waals surface area contributed by atoms with Gasteiger partial charge in [-0.2, -0.15) is 0 Å². The second-order valence-corrected chi connectivity index (χ2v) is 5.83.